The van der Waals surface area contributed by atoms with E-state index < -0.39 is 5.82 Å². The number of rotatable bonds is 4. The Kier molecular flexibility index (Phi) is 4.98. The van der Waals surface area contributed by atoms with Crippen LogP contribution >= 0.6 is 0 Å². The van der Waals surface area contributed by atoms with Gasteiger partial charge in [-0.25, -0.2) is 4.39 Å². The van der Waals surface area contributed by atoms with Gasteiger partial charge in [0.15, 0.2) is 0 Å². The second-order valence-corrected chi connectivity index (χ2v) is 5.78. The van der Waals surface area contributed by atoms with E-state index in [1.165, 1.54) is 12.1 Å². The maximum absolute atomic E-state index is 14.2. The molecule has 1 aromatic rings. The minimum absolute atomic E-state index is 0.126. The maximum atomic E-state index is 14.2. The molecular formula is C17H21FN2O. The normalized spacial score (nSPS) is 13.8. The fourth-order valence-corrected chi connectivity index (χ4v) is 2.25. The molecule has 4 heteroatoms. The molecule has 0 saturated heterocycles. The second kappa shape index (κ2) is 6.73. The van der Waals surface area contributed by atoms with Crippen LogP contribution in [0.4, 0.5) is 4.39 Å². The molecule has 3 nitrogen and oxygen atoms in total. The number of carbonyl (C=O) groups is 1. The van der Waals surface area contributed by atoms with E-state index >= 15 is 0 Å². The zero-order valence-corrected chi connectivity index (χ0v) is 12.5. The Hall–Kier alpha value is -1.86. The lowest BCUT2D eigenvalue weighted by atomic mass is 10.1. The summed E-state index contributed by atoms with van der Waals surface area (Å²) in [5, 5.41) is 0. The molecule has 2 rings (SSSR count). The first-order valence-electron chi connectivity index (χ1n) is 7.32. The first-order valence-corrected chi connectivity index (χ1v) is 7.32. The second-order valence-electron chi connectivity index (χ2n) is 5.78. The van der Waals surface area contributed by atoms with Gasteiger partial charge in [-0.15, -0.1) is 0 Å². The fourth-order valence-electron chi connectivity index (χ4n) is 2.25. The van der Waals surface area contributed by atoms with Gasteiger partial charge in [-0.05, 0) is 37.0 Å². The minimum Gasteiger partial charge on any atom is -0.335 e. The van der Waals surface area contributed by atoms with Crippen molar-refractivity contribution >= 4 is 5.91 Å². The molecule has 1 fully saturated rings. The van der Waals surface area contributed by atoms with Crippen LogP contribution in [0.25, 0.3) is 0 Å². The Bertz CT molecular complexity index is 582. The number of hydrogen-bond donors (Lipinski definition) is 1. The lowest BCUT2D eigenvalue weighted by Crippen LogP contribution is -2.36. The number of benzene rings is 1. The molecule has 0 aromatic heterocycles. The molecule has 2 N–H and O–H groups in total. The third-order valence-corrected chi connectivity index (χ3v) is 3.34. The monoisotopic (exact) mass is 288 g/mol. The third kappa shape index (κ3) is 4.05. The van der Waals surface area contributed by atoms with Crippen LogP contribution in [-0.4, -0.2) is 29.9 Å². The third-order valence-electron chi connectivity index (χ3n) is 3.34. The topological polar surface area (TPSA) is 46.3 Å². The van der Waals surface area contributed by atoms with E-state index in [1.54, 1.807) is 11.0 Å². The van der Waals surface area contributed by atoms with Crippen molar-refractivity contribution in [2.24, 2.45) is 11.7 Å². The van der Waals surface area contributed by atoms with E-state index in [4.69, 9.17) is 5.73 Å². The van der Waals surface area contributed by atoms with Gasteiger partial charge in [0, 0.05) is 18.2 Å². The molecule has 0 radical (unpaired) electrons. The summed E-state index contributed by atoms with van der Waals surface area (Å²) in [6, 6.07) is 4.76. The molecule has 112 valence electrons. The highest BCUT2D eigenvalue weighted by molar-refractivity contribution is 5.95. The van der Waals surface area contributed by atoms with E-state index in [0.29, 0.717) is 18.0 Å². The van der Waals surface area contributed by atoms with Gasteiger partial charge in [0.05, 0.1) is 12.1 Å². The first-order chi connectivity index (χ1) is 10.0. The summed E-state index contributed by atoms with van der Waals surface area (Å²) in [4.78, 5) is 14.3. The molecular weight excluding hydrogens is 267 g/mol. The molecule has 0 spiro atoms. The predicted molar refractivity (Wildman–Crippen MR) is 81.2 cm³/mol. The first kappa shape index (κ1) is 15.5. The van der Waals surface area contributed by atoms with E-state index in [0.717, 1.165) is 12.8 Å². The Morgan fingerprint density at radius 1 is 1.48 bits per heavy atom. The maximum Gasteiger partial charge on any atom is 0.257 e. The zero-order chi connectivity index (χ0) is 15.4. The van der Waals surface area contributed by atoms with E-state index in [1.807, 2.05) is 0 Å². The standard InChI is InChI=1S/C17H21FN2O/c1-12(2)11-20(14-6-7-14)17(21)15-8-5-13(4-3-9-19)10-16(15)18/h5,8,10,12,14H,6-7,9,11,19H2,1-2H3. The average molecular weight is 288 g/mol. The zero-order valence-electron chi connectivity index (χ0n) is 12.5. The summed E-state index contributed by atoms with van der Waals surface area (Å²) in [6.45, 7) is 5.01. The van der Waals surface area contributed by atoms with Crippen molar-refractivity contribution in [3.8, 4) is 11.8 Å². The summed E-state index contributed by atoms with van der Waals surface area (Å²) >= 11 is 0. The number of hydrogen-bond acceptors (Lipinski definition) is 2. The Morgan fingerprint density at radius 3 is 2.71 bits per heavy atom. The molecule has 0 bridgehead atoms. The molecule has 21 heavy (non-hydrogen) atoms. The molecule has 0 unspecified atom stereocenters. The van der Waals surface area contributed by atoms with Crippen molar-refractivity contribution in [3.05, 3.63) is 35.1 Å². The van der Waals surface area contributed by atoms with Crippen LogP contribution in [0.5, 0.6) is 0 Å². The van der Waals surface area contributed by atoms with Gasteiger partial charge in [-0.3, -0.25) is 4.79 Å². The van der Waals surface area contributed by atoms with Crippen LogP contribution in [0, 0.1) is 23.6 Å². The molecule has 0 atom stereocenters. The predicted octanol–water partition coefficient (Wildman–Crippen LogP) is 2.40. The highest BCUT2D eigenvalue weighted by Gasteiger charge is 2.34. The van der Waals surface area contributed by atoms with Crippen molar-refractivity contribution in [3.63, 3.8) is 0 Å². The summed E-state index contributed by atoms with van der Waals surface area (Å²) in [5.74, 6) is 5.07. The molecule has 0 aliphatic heterocycles. The summed E-state index contributed by atoms with van der Waals surface area (Å²) in [5.41, 5.74) is 5.95. The van der Waals surface area contributed by atoms with Crippen molar-refractivity contribution in [1.29, 1.82) is 0 Å². The number of amides is 1. The van der Waals surface area contributed by atoms with Crippen molar-refractivity contribution in [2.45, 2.75) is 32.7 Å². The lowest BCUT2D eigenvalue weighted by Gasteiger charge is -2.24. The van der Waals surface area contributed by atoms with Crippen LogP contribution in [0.3, 0.4) is 0 Å². The lowest BCUT2D eigenvalue weighted by molar-refractivity contribution is 0.0718. The van der Waals surface area contributed by atoms with Crippen LogP contribution < -0.4 is 5.73 Å². The Morgan fingerprint density at radius 2 is 2.19 bits per heavy atom. The fraction of sp³-hybridized carbons (Fsp3) is 0.471. The van der Waals surface area contributed by atoms with Crippen molar-refractivity contribution in [1.82, 2.24) is 4.90 Å². The van der Waals surface area contributed by atoms with Crippen molar-refractivity contribution < 1.29 is 9.18 Å². The van der Waals surface area contributed by atoms with Crippen LogP contribution in [0.2, 0.25) is 0 Å². The summed E-state index contributed by atoms with van der Waals surface area (Å²) < 4.78 is 14.2. The van der Waals surface area contributed by atoms with Gasteiger partial charge in [0.2, 0.25) is 0 Å². The summed E-state index contributed by atoms with van der Waals surface area (Å²) in [6.07, 6.45) is 2.03. The quantitative estimate of drug-likeness (QED) is 0.865. The number of nitrogens with two attached hydrogens (primary N) is 1. The number of carbonyl (C=O) groups excluding carboxylic acids is 1. The van der Waals surface area contributed by atoms with Gasteiger partial charge in [0.1, 0.15) is 5.82 Å². The molecule has 1 aromatic carbocycles. The molecule has 1 aliphatic carbocycles. The average Bonchev–Trinajstić information content (AvgIpc) is 3.26. The highest BCUT2D eigenvalue weighted by Crippen LogP contribution is 2.29. The van der Waals surface area contributed by atoms with Gasteiger partial charge >= 0.3 is 0 Å². The summed E-state index contributed by atoms with van der Waals surface area (Å²) in [7, 11) is 0. The van der Waals surface area contributed by atoms with Gasteiger partial charge in [-0.2, -0.15) is 0 Å². The number of halogens is 1. The Labute approximate surface area is 125 Å². The molecule has 0 heterocycles. The molecule has 1 aliphatic rings. The van der Waals surface area contributed by atoms with Crippen LogP contribution in [0.1, 0.15) is 42.6 Å². The SMILES string of the molecule is CC(C)CN(C(=O)c1ccc(C#CCN)cc1F)C1CC1. The van der Waals surface area contributed by atoms with Gasteiger partial charge in [0.25, 0.3) is 5.91 Å². The Balaban J connectivity index is 2.21. The highest BCUT2D eigenvalue weighted by atomic mass is 19.1. The molecule has 1 amide bonds. The van der Waals surface area contributed by atoms with Gasteiger partial charge < -0.3 is 10.6 Å². The molecule has 1 saturated carbocycles. The largest absolute Gasteiger partial charge is 0.335 e. The minimum atomic E-state index is -0.516. The smallest absolute Gasteiger partial charge is 0.257 e. The van der Waals surface area contributed by atoms with E-state index in [-0.39, 0.29) is 24.1 Å². The van der Waals surface area contributed by atoms with E-state index in [9.17, 15) is 9.18 Å². The number of nitrogens with zero attached hydrogens (tertiary/aromatic N) is 1. The van der Waals surface area contributed by atoms with Crippen molar-refractivity contribution in [2.75, 3.05) is 13.1 Å². The van der Waals surface area contributed by atoms with E-state index in [2.05, 4.69) is 25.7 Å². The van der Waals surface area contributed by atoms with Gasteiger partial charge in [-0.1, -0.05) is 25.7 Å². The van der Waals surface area contributed by atoms with Crippen LogP contribution in [0.15, 0.2) is 18.2 Å². The van der Waals surface area contributed by atoms with Crippen LogP contribution in [-0.2, 0) is 0 Å².